The van der Waals surface area contributed by atoms with Gasteiger partial charge in [0, 0.05) is 0 Å². The van der Waals surface area contributed by atoms with Crippen LogP contribution in [0.2, 0.25) is 0 Å². The average Bonchev–Trinajstić information content (AvgIpc) is 2.77. The zero-order valence-corrected chi connectivity index (χ0v) is 9.55. The van der Waals surface area contributed by atoms with Crippen LogP contribution in [0.1, 0.15) is 22.5 Å². The van der Waals surface area contributed by atoms with E-state index >= 15 is 0 Å². The van der Waals surface area contributed by atoms with Crippen LogP contribution in [-0.4, -0.2) is 25.1 Å². The summed E-state index contributed by atoms with van der Waals surface area (Å²) >= 11 is 0. The Kier molecular flexibility index (Phi) is 2.85. The molecule has 0 radical (unpaired) electrons. The first-order chi connectivity index (χ1) is 8.15. The van der Waals surface area contributed by atoms with Gasteiger partial charge in [-0.05, 0) is 25.5 Å². The summed E-state index contributed by atoms with van der Waals surface area (Å²) in [5, 5.41) is 25.9. The Hall–Kier alpha value is -2.26. The van der Waals surface area contributed by atoms with Crippen molar-refractivity contribution in [3.63, 3.8) is 0 Å². The van der Waals surface area contributed by atoms with Crippen LogP contribution in [0.3, 0.4) is 0 Å². The van der Waals surface area contributed by atoms with Crippen LogP contribution in [0.5, 0.6) is 0 Å². The third-order valence-corrected chi connectivity index (χ3v) is 2.40. The van der Waals surface area contributed by atoms with Gasteiger partial charge in [-0.1, -0.05) is 0 Å². The minimum absolute atomic E-state index is 0.158. The van der Waals surface area contributed by atoms with E-state index in [0.717, 1.165) is 5.56 Å². The number of hydrogen-bond donors (Lipinski definition) is 1. The van der Waals surface area contributed by atoms with Gasteiger partial charge in [0.1, 0.15) is 11.8 Å². The van der Waals surface area contributed by atoms with E-state index < -0.39 is 0 Å². The molecule has 0 atom stereocenters. The highest BCUT2D eigenvalue weighted by molar-refractivity contribution is 5.43. The molecule has 6 heteroatoms. The van der Waals surface area contributed by atoms with Crippen molar-refractivity contribution in [2.24, 2.45) is 0 Å². The maximum atomic E-state index is 8.94. The molecule has 0 aliphatic rings. The van der Waals surface area contributed by atoms with E-state index in [1.54, 1.807) is 13.0 Å². The van der Waals surface area contributed by atoms with Crippen molar-refractivity contribution in [3.05, 3.63) is 34.8 Å². The summed E-state index contributed by atoms with van der Waals surface area (Å²) in [6.07, 6.45) is 1.48. The predicted molar refractivity (Wildman–Crippen MR) is 59.3 cm³/mol. The normalized spacial score (nSPS) is 10.2. The molecule has 2 aromatic rings. The van der Waals surface area contributed by atoms with Gasteiger partial charge in [0.25, 0.3) is 0 Å². The number of hydrogen-bond acceptors (Lipinski definition) is 5. The second kappa shape index (κ2) is 4.31. The molecule has 6 nitrogen and oxygen atoms in total. The van der Waals surface area contributed by atoms with E-state index in [-0.39, 0.29) is 6.61 Å². The van der Waals surface area contributed by atoms with Crippen LogP contribution in [0.15, 0.2) is 12.3 Å². The van der Waals surface area contributed by atoms with Gasteiger partial charge >= 0.3 is 0 Å². The molecule has 86 valence electrons. The van der Waals surface area contributed by atoms with E-state index in [2.05, 4.69) is 21.3 Å². The van der Waals surface area contributed by atoms with Crippen LogP contribution in [0.25, 0.3) is 5.82 Å². The van der Waals surface area contributed by atoms with Gasteiger partial charge < -0.3 is 5.11 Å². The van der Waals surface area contributed by atoms with Gasteiger partial charge in [-0.3, -0.25) is 0 Å². The van der Waals surface area contributed by atoms with E-state index in [4.69, 9.17) is 10.4 Å². The maximum absolute atomic E-state index is 8.94. The number of aromatic nitrogens is 4. The minimum Gasteiger partial charge on any atom is -0.390 e. The molecule has 2 heterocycles. The summed E-state index contributed by atoms with van der Waals surface area (Å²) in [6.45, 7) is 3.45. The molecule has 17 heavy (non-hydrogen) atoms. The van der Waals surface area contributed by atoms with Gasteiger partial charge in [-0.15, -0.1) is 9.90 Å². The highest BCUT2D eigenvalue weighted by Gasteiger charge is 2.09. The van der Waals surface area contributed by atoms with Crippen molar-refractivity contribution in [1.29, 1.82) is 5.26 Å². The van der Waals surface area contributed by atoms with Crippen molar-refractivity contribution in [1.82, 2.24) is 20.0 Å². The lowest BCUT2D eigenvalue weighted by Crippen LogP contribution is -2.05. The molecule has 0 saturated heterocycles. The van der Waals surface area contributed by atoms with Crippen LogP contribution >= 0.6 is 0 Å². The Labute approximate surface area is 98.2 Å². The molecule has 0 spiro atoms. The second-order valence-corrected chi connectivity index (χ2v) is 3.65. The molecule has 0 bridgehead atoms. The number of nitrogens with zero attached hydrogens (tertiary/aromatic N) is 5. The quantitative estimate of drug-likeness (QED) is 0.816. The Balaban J connectivity index is 2.51. The fraction of sp³-hybridized carbons (Fsp3) is 0.273. The number of aliphatic hydroxyl groups excluding tert-OH is 1. The lowest BCUT2D eigenvalue weighted by Gasteiger charge is -2.05. The topological polar surface area (TPSA) is 87.6 Å². The lowest BCUT2D eigenvalue weighted by atomic mass is 10.1. The third-order valence-electron chi connectivity index (χ3n) is 2.40. The van der Waals surface area contributed by atoms with Crippen molar-refractivity contribution >= 4 is 0 Å². The first-order valence-corrected chi connectivity index (χ1v) is 5.06. The highest BCUT2D eigenvalue weighted by Crippen LogP contribution is 2.14. The van der Waals surface area contributed by atoms with Gasteiger partial charge in [0.2, 0.25) is 0 Å². The number of rotatable bonds is 2. The van der Waals surface area contributed by atoms with Crippen molar-refractivity contribution in [2.45, 2.75) is 20.5 Å². The molecule has 2 aromatic heterocycles. The average molecular weight is 229 g/mol. The van der Waals surface area contributed by atoms with Gasteiger partial charge in [0.05, 0.1) is 24.1 Å². The SMILES string of the molecule is Cc1cc(-n2ncc(CO)n2)nc(C)c1C#N. The summed E-state index contributed by atoms with van der Waals surface area (Å²) in [5.74, 6) is 0.540. The Morgan fingerprint density at radius 1 is 1.47 bits per heavy atom. The Bertz CT molecular complexity index is 573. The lowest BCUT2D eigenvalue weighted by molar-refractivity contribution is 0.276. The van der Waals surface area contributed by atoms with E-state index in [1.165, 1.54) is 11.0 Å². The van der Waals surface area contributed by atoms with Gasteiger partial charge in [-0.2, -0.15) is 10.4 Å². The Morgan fingerprint density at radius 3 is 2.76 bits per heavy atom. The Morgan fingerprint density at radius 2 is 2.24 bits per heavy atom. The minimum atomic E-state index is -0.158. The standard InChI is InChI=1S/C11H11N5O/c1-7-3-11(14-8(2)10(7)4-12)16-13-5-9(6-17)15-16/h3,5,17H,6H2,1-2H3. The molecule has 1 N–H and O–H groups in total. The van der Waals surface area contributed by atoms with E-state index in [9.17, 15) is 0 Å². The first-order valence-electron chi connectivity index (χ1n) is 5.06. The highest BCUT2D eigenvalue weighted by atomic mass is 16.3. The zero-order valence-electron chi connectivity index (χ0n) is 9.55. The van der Waals surface area contributed by atoms with Gasteiger partial charge in [0.15, 0.2) is 5.82 Å². The second-order valence-electron chi connectivity index (χ2n) is 3.65. The fourth-order valence-electron chi connectivity index (χ4n) is 1.56. The van der Waals surface area contributed by atoms with Crippen LogP contribution < -0.4 is 0 Å². The van der Waals surface area contributed by atoms with Gasteiger partial charge in [-0.25, -0.2) is 4.98 Å². The van der Waals surface area contributed by atoms with Crippen LogP contribution in [0, 0.1) is 25.2 Å². The van der Waals surface area contributed by atoms with Crippen molar-refractivity contribution in [3.8, 4) is 11.9 Å². The number of aliphatic hydroxyl groups is 1. The molecule has 0 aliphatic carbocycles. The number of nitriles is 1. The molecule has 0 aromatic carbocycles. The predicted octanol–water partition coefficient (Wildman–Crippen LogP) is 0.643. The summed E-state index contributed by atoms with van der Waals surface area (Å²) in [7, 11) is 0. The molecule has 0 saturated carbocycles. The van der Waals surface area contributed by atoms with E-state index in [1.807, 2.05) is 6.92 Å². The van der Waals surface area contributed by atoms with Crippen LogP contribution in [-0.2, 0) is 6.61 Å². The van der Waals surface area contributed by atoms with Crippen molar-refractivity contribution in [2.75, 3.05) is 0 Å². The monoisotopic (exact) mass is 229 g/mol. The molecular weight excluding hydrogens is 218 g/mol. The first kappa shape index (κ1) is 11.2. The summed E-state index contributed by atoms with van der Waals surface area (Å²) in [6, 6.07) is 3.85. The summed E-state index contributed by atoms with van der Waals surface area (Å²) in [4.78, 5) is 5.60. The summed E-state index contributed by atoms with van der Waals surface area (Å²) in [5.41, 5.74) is 2.53. The molecule has 0 fully saturated rings. The molecule has 0 unspecified atom stereocenters. The van der Waals surface area contributed by atoms with Crippen LogP contribution in [0.4, 0.5) is 0 Å². The zero-order chi connectivity index (χ0) is 12.4. The number of aryl methyl sites for hydroxylation is 2. The summed E-state index contributed by atoms with van der Waals surface area (Å²) < 4.78 is 0. The largest absolute Gasteiger partial charge is 0.390 e. The third kappa shape index (κ3) is 2.00. The molecule has 0 amide bonds. The van der Waals surface area contributed by atoms with Crippen molar-refractivity contribution < 1.29 is 5.11 Å². The van der Waals surface area contributed by atoms with E-state index in [0.29, 0.717) is 22.8 Å². The maximum Gasteiger partial charge on any atom is 0.174 e. The number of pyridine rings is 1. The fourth-order valence-corrected chi connectivity index (χ4v) is 1.56. The molecular formula is C11H11N5O. The molecule has 0 aliphatic heterocycles. The molecule has 2 rings (SSSR count). The smallest absolute Gasteiger partial charge is 0.174 e.